The molecule has 0 radical (unpaired) electrons. The Morgan fingerprint density at radius 3 is 2.72 bits per heavy atom. The van der Waals surface area contributed by atoms with Crippen molar-refractivity contribution in [1.29, 1.82) is 0 Å². The van der Waals surface area contributed by atoms with Crippen LogP contribution in [-0.4, -0.2) is 15.9 Å². The van der Waals surface area contributed by atoms with Crippen LogP contribution in [0.3, 0.4) is 0 Å². The normalized spacial score (nSPS) is 11.9. The van der Waals surface area contributed by atoms with Gasteiger partial charge in [-0.1, -0.05) is 30.3 Å². The van der Waals surface area contributed by atoms with E-state index in [-0.39, 0.29) is 30.3 Å². The van der Waals surface area contributed by atoms with Gasteiger partial charge in [0.1, 0.15) is 11.6 Å². The first kappa shape index (κ1) is 16.7. The molecule has 0 aliphatic heterocycles. The SMILES string of the molecule is Cc1nc(CNC(=O)CC(c2ccccc2)c2ccco2)cc(=O)[nH]1. The summed E-state index contributed by atoms with van der Waals surface area (Å²) in [6, 6.07) is 14.8. The second-order valence-electron chi connectivity index (χ2n) is 5.78. The van der Waals surface area contributed by atoms with Crippen molar-refractivity contribution < 1.29 is 9.21 Å². The summed E-state index contributed by atoms with van der Waals surface area (Å²) in [4.78, 5) is 30.6. The van der Waals surface area contributed by atoms with Crippen molar-refractivity contribution in [3.63, 3.8) is 0 Å². The number of aromatic nitrogens is 2. The van der Waals surface area contributed by atoms with Gasteiger partial charge in [-0.2, -0.15) is 0 Å². The maximum atomic E-state index is 12.4. The molecule has 128 valence electrons. The molecule has 0 fully saturated rings. The average molecular weight is 337 g/mol. The smallest absolute Gasteiger partial charge is 0.251 e. The number of aromatic amines is 1. The molecule has 25 heavy (non-hydrogen) atoms. The molecule has 1 amide bonds. The molecule has 0 aliphatic rings. The summed E-state index contributed by atoms with van der Waals surface area (Å²) in [6.45, 7) is 1.92. The van der Waals surface area contributed by atoms with Crippen molar-refractivity contribution in [3.05, 3.63) is 88.0 Å². The summed E-state index contributed by atoms with van der Waals surface area (Å²) in [5.41, 5.74) is 1.32. The van der Waals surface area contributed by atoms with E-state index in [0.717, 1.165) is 11.3 Å². The minimum Gasteiger partial charge on any atom is -0.469 e. The fraction of sp³-hybridized carbons (Fsp3) is 0.211. The first-order valence-corrected chi connectivity index (χ1v) is 8.03. The molecular weight excluding hydrogens is 318 g/mol. The van der Waals surface area contributed by atoms with E-state index in [1.165, 1.54) is 6.07 Å². The minimum absolute atomic E-state index is 0.134. The van der Waals surface area contributed by atoms with Gasteiger partial charge in [0.15, 0.2) is 0 Å². The highest BCUT2D eigenvalue weighted by Crippen LogP contribution is 2.28. The van der Waals surface area contributed by atoms with Crippen LogP contribution in [0.15, 0.2) is 64.0 Å². The first-order chi connectivity index (χ1) is 12.1. The molecule has 1 aromatic carbocycles. The molecule has 0 saturated heterocycles. The zero-order valence-electron chi connectivity index (χ0n) is 13.9. The number of carbonyl (C=O) groups excluding carboxylic acids is 1. The molecule has 6 heteroatoms. The number of rotatable bonds is 6. The van der Waals surface area contributed by atoms with E-state index >= 15 is 0 Å². The van der Waals surface area contributed by atoms with E-state index in [2.05, 4.69) is 15.3 Å². The van der Waals surface area contributed by atoms with Gasteiger partial charge >= 0.3 is 0 Å². The third kappa shape index (κ3) is 4.44. The molecule has 6 nitrogen and oxygen atoms in total. The van der Waals surface area contributed by atoms with Gasteiger partial charge in [0.05, 0.1) is 24.4 Å². The molecule has 0 saturated carbocycles. The van der Waals surface area contributed by atoms with Crippen LogP contribution in [0, 0.1) is 6.92 Å². The Morgan fingerprint density at radius 2 is 2.04 bits per heavy atom. The van der Waals surface area contributed by atoms with E-state index < -0.39 is 0 Å². The quantitative estimate of drug-likeness (QED) is 0.723. The van der Waals surface area contributed by atoms with Crippen LogP contribution >= 0.6 is 0 Å². The van der Waals surface area contributed by atoms with Gasteiger partial charge in [-0.25, -0.2) is 4.98 Å². The number of nitrogens with one attached hydrogen (secondary N) is 2. The number of hydrogen-bond donors (Lipinski definition) is 2. The van der Waals surface area contributed by atoms with Crippen molar-refractivity contribution in [2.24, 2.45) is 0 Å². The molecule has 0 bridgehead atoms. The van der Waals surface area contributed by atoms with Crippen LogP contribution in [0.5, 0.6) is 0 Å². The highest BCUT2D eigenvalue weighted by Gasteiger charge is 2.20. The lowest BCUT2D eigenvalue weighted by Crippen LogP contribution is -2.26. The molecule has 2 heterocycles. The van der Waals surface area contributed by atoms with Gasteiger partial charge in [-0.05, 0) is 24.6 Å². The Morgan fingerprint density at radius 1 is 1.24 bits per heavy atom. The third-order valence-electron chi connectivity index (χ3n) is 3.86. The Kier molecular flexibility index (Phi) is 5.09. The minimum atomic E-state index is -0.227. The number of nitrogens with zero attached hydrogens (tertiary/aromatic N) is 1. The van der Waals surface area contributed by atoms with Gasteiger partial charge in [-0.15, -0.1) is 0 Å². The number of amides is 1. The number of benzene rings is 1. The van der Waals surface area contributed by atoms with E-state index in [1.54, 1.807) is 13.2 Å². The van der Waals surface area contributed by atoms with E-state index in [1.807, 2.05) is 42.5 Å². The lowest BCUT2D eigenvalue weighted by Gasteiger charge is -2.15. The van der Waals surface area contributed by atoms with Crippen LogP contribution in [-0.2, 0) is 11.3 Å². The molecule has 2 aromatic heterocycles. The third-order valence-corrected chi connectivity index (χ3v) is 3.86. The van der Waals surface area contributed by atoms with Crippen LogP contribution in [0.2, 0.25) is 0 Å². The number of hydrogen-bond acceptors (Lipinski definition) is 4. The van der Waals surface area contributed by atoms with Crippen molar-refractivity contribution in [2.75, 3.05) is 0 Å². The Labute approximate surface area is 144 Å². The molecule has 0 spiro atoms. The monoisotopic (exact) mass is 337 g/mol. The zero-order valence-corrected chi connectivity index (χ0v) is 13.9. The summed E-state index contributed by atoms with van der Waals surface area (Å²) in [7, 11) is 0. The number of aryl methyl sites for hydroxylation is 1. The topological polar surface area (TPSA) is 88.0 Å². The number of H-pyrrole nitrogens is 1. The summed E-state index contributed by atoms with van der Waals surface area (Å²) in [5.74, 6) is 0.969. The van der Waals surface area contributed by atoms with Crippen LogP contribution < -0.4 is 10.9 Å². The summed E-state index contributed by atoms with van der Waals surface area (Å²) in [5, 5.41) is 2.82. The maximum Gasteiger partial charge on any atom is 0.251 e. The van der Waals surface area contributed by atoms with Crippen molar-refractivity contribution in [1.82, 2.24) is 15.3 Å². The lowest BCUT2D eigenvalue weighted by molar-refractivity contribution is -0.121. The van der Waals surface area contributed by atoms with Gasteiger partial charge in [0, 0.05) is 12.5 Å². The van der Waals surface area contributed by atoms with Crippen LogP contribution in [0.1, 0.15) is 35.2 Å². The number of carbonyl (C=O) groups is 1. The van der Waals surface area contributed by atoms with Crippen molar-refractivity contribution in [3.8, 4) is 0 Å². The maximum absolute atomic E-state index is 12.4. The van der Waals surface area contributed by atoms with Crippen LogP contribution in [0.4, 0.5) is 0 Å². The summed E-state index contributed by atoms with van der Waals surface area (Å²) in [6.07, 6.45) is 1.85. The molecule has 0 aliphatic carbocycles. The van der Waals surface area contributed by atoms with Gasteiger partial charge in [0.25, 0.3) is 5.56 Å². The van der Waals surface area contributed by atoms with Crippen LogP contribution in [0.25, 0.3) is 0 Å². The Hall–Kier alpha value is -3.15. The fourth-order valence-electron chi connectivity index (χ4n) is 2.74. The van der Waals surface area contributed by atoms with Gasteiger partial charge in [-0.3, -0.25) is 9.59 Å². The molecule has 1 atom stereocenters. The molecule has 3 aromatic rings. The molecular formula is C19H19N3O3. The average Bonchev–Trinajstić information content (AvgIpc) is 3.12. The largest absolute Gasteiger partial charge is 0.469 e. The Balaban J connectivity index is 1.69. The van der Waals surface area contributed by atoms with E-state index in [0.29, 0.717) is 11.5 Å². The molecule has 1 unspecified atom stereocenters. The standard InChI is InChI=1S/C19H19N3O3/c1-13-21-15(10-19(24)22-13)12-20-18(23)11-16(17-8-5-9-25-17)14-6-3-2-4-7-14/h2-10,16H,11-12H2,1H3,(H,20,23)(H,21,22,24). The molecule has 2 N–H and O–H groups in total. The zero-order chi connectivity index (χ0) is 17.6. The number of furan rings is 1. The predicted molar refractivity (Wildman–Crippen MR) is 93.1 cm³/mol. The Bertz CT molecular complexity index is 886. The van der Waals surface area contributed by atoms with E-state index in [4.69, 9.17) is 4.42 Å². The van der Waals surface area contributed by atoms with Crippen molar-refractivity contribution >= 4 is 5.91 Å². The fourth-order valence-corrected chi connectivity index (χ4v) is 2.74. The second kappa shape index (κ2) is 7.61. The highest BCUT2D eigenvalue weighted by molar-refractivity contribution is 5.77. The first-order valence-electron chi connectivity index (χ1n) is 8.03. The molecule has 3 rings (SSSR count). The van der Waals surface area contributed by atoms with Gasteiger partial charge in [0.2, 0.25) is 5.91 Å². The van der Waals surface area contributed by atoms with Crippen molar-refractivity contribution in [2.45, 2.75) is 25.8 Å². The van der Waals surface area contributed by atoms with E-state index in [9.17, 15) is 9.59 Å². The lowest BCUT2D eigenvalue weighted by atomic mass is 9.93. The predicted octanol–water partition coefficient (Wildman–Crippen LogP) is 2.51. The van der Waals surface area contributed by atoms with Gasteiger partial charge < -0.3 is 14.7 Å². The second-order valence-corrected chi connectivity index (χ2v) is 5.78. The highest BCUT2D eigenvalue weighted by atomic mass is 16.3. The summed E-state index contributed by atoms with van der Waals surface area (Å²) < 4.78 is 5.51. The summed E-state index contributed by atoms with van der Waals surface area (Å²) >= 11 is 0.